The lowest BCUT2D eigenvalue weighted by atomic mass is 9.96. The third-order valence-corrected chi connectivity index (χ3v) is 7.16. The number of hydrogen-bond acceptors (Lipinski definition) is 7. The zero-order valence-electron chi connectivity index (χ0n) is 21.0. The van der Waals surface area contributed by atoms with Gasteiger partial charge in [-0.05, 0) is 61.4 Å². The maximum atomic E-state index is 13.4. The Balaban J connectivity index is 1.19. The van der Waals surface area contributed by atoms with E-state index in [4.69, 9.17) is 9.47 Å². The van der Waals surface area contributed by atoms with Gasteiger partial charge in [0.1, 0.15) is 11.5 Å². The Hall–Kier alpha value is -3.81. The number of piperidine rings is 1. The maximum absolute atomic E-state index is 13.4. The van der Waals surface area contributed by atoms with E-state index in [9.17, 15) is 4.79 Å². The summed E-state index contributed by atoms with van der Waals surface area (Å²) in [5.41, 5.74) is 2.86. The summed E-state index contributed by atoms with van der Waals surface area (Å²) in [5, 5.41) is 8.96. The first-order valence-corrected chi connectivity index (χ1v) is 12.6. The van der Waals surface area contributed by atoms with Crippen LogP contribution in [-0.2, 0) is 4.79 Å². The van der Waals surface area contributed by atoms with Crippen molar-refractivity contribution in [3.8, 4) is 22.8 Å². The second-order valence-electron chi connectivity index (χ2n) is 9.27. The summed E-state index contributed by atoms with van der Waals surface area (Å²) in [6.07, 6.45) is 1.89. The van der Waals surface area contributed by atoms with Crippen molar-refractivity contribution < 1.29 is 14.3 Å². The molecule has 0 bridgehead atoms. The fourth-order valence-corrected chi connectivity index (χ4v) is 5.12. The third kappa shape index (κ3) is 5.08. The first-order chi connectivity index (χ1) is 17.7. The van der Waals surface area contributed by atoms with E-state index < -0.39 is 0 Å². The van der Waals surface area contributed by atoms with Gasteiger partial charge in [0.15, 0.2) is 5.82 Å². The van der Waals surface area contributed by atoms with Crippen molar-refractivity contribution in [2.75, 3.05) is 63.3 Å². The van der Waals surface area contributed by atoms with Crippen LogP contribution in [0.3, 0.4) is 0 Å². The molecule has 2 aliphatic heterocycles. The molecule has 5 rings (SSSR count). The lowest BCUT2D eigenvalue weighted by molar-refractivity contribution is -0.136. The molecule has 2 fully saturated rings. The largest absolute Gasteiger partial charge is 0.497 e. The highest BCUT2D eigenvalue weighted by atomic mass is 16.5. The van der Waals surface area contributed by atoms with Gasteiger partial charge in [0.25, 0.3) is 0 Å². The quantitative estimate of drug-likeness (QED) is 0.525. The fourth-order valence-electron chi connectivity index (χ4n) is 5.12. The second kappa shape index (κ2) is 10.8. The highest BCUT2D eigenvalue weighted by Gasteiger charge is 2.31. The molecule has 8 heteroatoms. The molecule has 0 saturated carbocycles. The normalized spacial score (nSPS) is 18.2. The fraction of sp³-hybridized carbons (Fsp3) is 0.393. The van der Waals surface area contributed by atoms with Crippen molar-refractivity contribution in [1.82, 2.24) is 15.1 Å². The predicted molar refractivity (Wildman–Crippen MR) is 141 cm³/mol. The molecule has 0 radical (unpaired) electrons. The summed E-state index contributed by atoms with van der Waals surface area (Å²) in [7, 11) is 3.33. The van der Waals surface area contributed by atoms with Crippen LogP contribution in [0.5, 0.6) is 11.5 Å². The minimum atomic E-state index is -0.0121. The van der Waals surface area contributed by atoms with Crippen molar-refractivity contribution in [2.24, 2.45) is 5.92 Å². The average Bonchev–Trinajstić information content (AvgIpc) is 2.97. The average molecular weight is 488 g/mol. The second-order valence-corrected chi connectivity index (χ2v) is 9.27. The molecule has 36 heavy (non-hydrogen) atoms. The molecule has 2 aromatic carbocycles. The zero-order chi connectivity index (χ0) is 24.9. The van der Waals surface area contributed by atoms with Gasteiger partial charge < -0.3 is 24.2 Å². The number of carbonyl (C=O) groups is 1. The van der Waals surface area contributed by atoms with Crippen molar-refractivity contribution in [3.05, 3.63) is 60.7 Å². The van der Waals surface area contributed by atoms with Gasteiger partial charge in [0.2, 0.25) is 5.91 Å². The van der Waals surface area contributed by atoms with Crippen LogP contribution < -0.4 is 19.3 Å². The van der Waals surface area contributed by atoms with E-state index in [2.05, 4.69) is 32.1 Å². The Labute approximate surface area is 212 Å². The molecule has 2 aliphatic rings. The van der Waals surface area contributed by atoms with E-state index in [0.717, 1.165) is 74.1 Å². The minimum absolute atomic E-state index is 0.0121. The van der Waals surface area contributed by atoms with E-state index in [-0.39, 0.29) is 11.8 Å². The lowest BCUT2D eigenvalue weighted by Gasteiger charge is -2.40. The SMILES string of the molecule is COc1ccc(N2CCN(C(=O)C3CCCN(c4ccc(-c5ccccc5OC)nn4)C3)CC2)cc1. The number of carbonyl (C=O) groups excluding carboxylic acids is 1. The number of aromatic nitrogens is 2. The van der Waals surface area contributed by atoms with E-state index in [1.807, 2.05) is 53.4 Å². The topological polar surface area (TPSA) is 71.0 Å². The Kier molecular flexibility index (Phi) is 7.21. The molecule has 0 N–H and O–H groups in total. The van der Waals surface area contributed by atoms with Gasteiger partial charge in [0, 0.05) is 50.5 Å². The van der Waals surface area contributed by atoms with E-state index in [0.29, 0.717) is 6.54 Å². The van der Waals surface area contributed by atoms with Crippen molar-refractivity contribution in [1.29, 1.82) is 0 Å². The first kappa shape index (κ1) is 23.9. The number of amides is 1. The molecule has 188 valence electrons. The van der Waals surface area contributed by atoms with Crippen LogP contribution in [0, 0.1) is 5.92 Å². The lowest BCUT2D eigenvalue weighted by Crippen LogP contribution is -2.52. The Morgan fingerprint density at radius 2 is 1.61 bits per heavy atom. The van der Waals surface area contributed by atoms with Crippen molar-refractivity contribution in [2.45, 2.75) is 12.8 Å². The van der Waals surface area contributed by atoms with Gasteiger partial charge in [-0.15, -0.1) is 10.2 Å². The summed E-state index contributed by atoms with van der Waals surface area (Å²) < 4.78 is 10.7. The van der Waals surface area contributed by atoms with E-state index in [1.54, 1.807) is 14.2 Å². The molecule has 2 saturated heterocycles. The van der Waals surface area contributed by atoms with Gasteiger partial charge in [-0.25, -0.2) is 0 Å². The molecule has 3 heterocycles. The Bertz CT molecular complexity index is 1160. The van der Waals surface area contributed by atoms with Crippen LogP contribution in [0.4, 0.5) is 11.5 Å². The monoisotopic (exact) mass is 487 g/mol. The van der Waals surface area contributed by atoms with Gasteiger partial charge in [0.05, 0.1) is 25.8 Å². The number of para-hydroxylation sites is 1. The Morgan fingerprint density at radius 1 is 0.833 bits per heavy atom. The number of benzene rings is 2. The van der Waals surface area contributed by atoms with Crippen LogP contribution in [0.2, 0.25) is 0 Å². The number of rotatable bonds is 6. The third-order valence-electron chi connectivity index (χ3n) is 7.16. The molecule has 0 spiro atoms. The summed E-state index contributed by atoms with van der Waals surface area (Å²) in [6.45, 7) is 4.73. The smallest absolute Gasteiger partial charge is 0.227 e. The van der Waals surface area contributed by atoms with Crippen LogP contribution in [0.15, 0.2) is 60.7 Å². The van der Waals surface area contributed by atoms with Gasteiger partial charge in [-0.3, -0.25) is 4.79 Å². The zero-order valence-corrected chi connectivity index (χ0v) is 21.0. The summed E-state index contributed by atoms with van der Waals surface area (Å²) in [5.74, 6) is 2.69. The number of piperazine rings is 1. The van der Waals surface area contributed by atoms with Crippen LogP contribution >= 0.6 is 0 Å². The van der Waals surface area contributed by atoms with Crippen molar-refractivity contribution in [3.63, 3.8) is 0 Å². The minimum Gasteiger partial charge on any atom is -0.497 e. The molecule has 1 unspecified atom stereocenters. The van der Waals surface area contributed by atoms with Gasteiger partial charge in [-0.2, -0.15) is 0 Å². The van der Waals surface area contributed by atoms with Gasteiger partial charge in [-0.1, -0.05) is 12.1 Å². The standard InChI is InChI=1S/C28H33N5O3/c1-35-23-11-9-22(10-12-23)31-16-18-32(19-17-31)28(34)21-6-5-15-33(20-21)27-14-13-25(29-30-27)24-7-3-4-8-26(24)36-2/h3-4,7-14,21H,5-6,15-20H2,1-2H3. The maximum Gasteiger partial charge on any atom is 0.227 e. The van der Waals surface area contributed by atoms with Crippen molar-refractivity contribution >= 4 is 17.4 Å². The van der Waals surface area contributed by atoms with Crippen LogP contribution in [-0.4, -0.2) is 74.5 Å². The molecule has 3 aromatic rings. The highest BCUT2D eigenvalue weighted by molar-refractivity contribution is 5.80. The van der Waals surface area contributed by atoms with Gasteiger partial charge >= 0.3 is 0 Å². The highest BCUT2D eigenvalue weighted by Crippen LogP contribution is 2.29. The molecule has 8 nitrogen and oxygen atoms in total. The molecular formula is C28H33N5O3. The molecular weight excluding hydrogens is 454 g/mol. The Morgan fingerprint density at radius 3 is 2.31 bits per heavy atom. The number of methoxy groups -OCH3 is 2. The molecule has 0 aliphatic carbocycles. The molecule has 1 aromatic heterocycles. The van der Waals surface area contributed by atoms with E-state index in [1.165, 1.54) is 5.69 Å². The summed E-state index contributed by atoms with van der Waals surface area (Å²) >= 11 is 0. The van der Waals surface area contributed by atoms with E-state index >= 15 is 0 Å². The van der Waals surface area contributed by atoms with Crippen LogP contribution in [0.25, 0.3) is 11.3 Å². The number of hydrogen-bond donors (Lipinski definition) is 0. The number of nitrogens with zero attached hydrogens (tertiary/aromatic N) is 5. The molecule has 1 amide bonds. The molecule has 1 atom stereocenters. The number of anilines is 2. The predicted octanol–water partition coefficient (Wildman–Crippen LogP) is 3.73. The first-order valence-electron chi connectivity index (χ1n) is 12.6. The summed E-state index contributed by atoms with van der Waals surface area (Å²) in [6, 6.07) is 19.9. The number of ether oxygens (including phenoxy) is 2. The summed E-state index contributed by atoms with van der Waals surface area (Å²) in [4.78, 5) is 19.9. The van der Waals surface area contributed by atoms with Crippen LogP contribution in [0.1, 0.15) is 12.8 Å².